The van der Waals surface area contributed by atoms with E-state index in [1.807, 2.05) is 20.8 Å². The molecular weight excluding hydrogens is 302 g/mol. The molecule has 0 bridgehead atoms. The van der Waals surface area contributed by atoms with Crippen molar-refractivity contribution in [2.45, 2.75) is 38.8 Å². The molecule has 1 unspecified atom stereocenters. The van der Waals surface area contributed by atoms with Gasteiger partial charge in [-0.2, -0.15) is 5.26 Å². The van der Waals surface area contributed by atoms with E-state index < -0.39 is 5.60 Å². The number of halogens is 1. The van der Waals surface area contributed by atoms with Crippen LogP contribution in [0.1, 0.15) is 32.8 Å². The summed E-state index contributed by atoms with van der Waals surface area (Å²) >= 11 is 6.15. The topological polar surface area (TPSA) is 65.4 Å². The number of rotatable bonds is 2. The number of benzene rings is 1. The highest BCUT2D eigenvalue weighted by Gasteiger charge is 2.29. The van der Waals surface area contributed by atoms with Crippen LogP contribution in [-0.4, -0.2) is 35.7 Å². The van der Waals surface area contributed by atoms with Crippen molar-refractivity contribution in [2.24, 2.45) is 0 Å². The fourth-order valence-corrected chi connectivity index (χ4v) is 2.53. The maximum atomic E-state index is 12.0. The SMILES string of the molecule is CC(C)(C)OC(=O)N1CCC(Nc2ccc(C#N)cc2Cl)C1. The van der Waals surface area contributed by atoms with Gasteiger partial charge in [0.1, 0.15) is 5.60 Å². The quantitative estimate of drug-likeness (QED) is 0.903. The fourth-order valence-electron chi connectivity index (χ4n) is 2.29. The molecule has 1 fully saturated rings. The van der Waals surface area contributed by atoms with E-state index in [1.165, 1.54) is 0 Å². The van der Waals surface area contributed by atoms with Crippen LogP contribution >= 0.6 is 11.6 Å². The number of hydrogen-bond donors (Lipinski definition) is 1. The normalized spacial score (nSPS) is 18.0. The molecule has 0 radical (unpaired) electrons. The van der Waals surface area contributed by atoms with Crippen LogP contribution in [0.5, 0.6) is 0 Å². The van der Waals surface area contributed by atoms with Crippen molar-refractivity contribution >= 4 is 23.4 Å². The van der Waals surface area contributed by atoms with Crippen molar-refractivity contribution in [3.63, 3.8) is 0 Å². The highest BCUT2D eigenvalue weighted by atomic mass is 35.5. The van der Waals surface area contributed by atoms with Crippen LogP contribution < -0.4 is 5.32 Å². The van der Waals surface area contributed by atoms with Gasteiger partial charge in [-0.1, -0.05) is 11.6 Å². The summed E-state index contributed by atoms with van der Waals surface area (Å²) in [6, 6.07) is 7.31. The van der Waals surface area contributed by atoms with Crippen LogP contribution in [-0.2, 0) is 4.74 Å². The summed E-state index contributed by atoms with van der Waals surface area (Å²) in [4.78, 5) is 13.7. The lowest BCUT2D eigenvalue weighted by atomic mass is 10.2. The van der Waals surface area contributed by atoms with Gasteiger partial charge in [0, 0.05) is 19.1 Å². The minimum absolute atomic E-state index is 0.123. The Bertz CT molecular complexity index is 604. The number of carbonyl (C=O) groups is 1. The molecule has 1 amide bonds. The van der Waals surface area contributed by atoms with Crippen molar-refractivity contribution in [1.29, 1.82) is 5.26 Å². The second kappa shape index (κ2) is 6.45. The predicted molar refractivity (Wildman–Crippen MR) is 86.0 cm³/mol. The van der Waals surface area contributed by atoms with E-state index >= 15 is 0 Å². The van der Waals surface area contributed by atoms with Crippen molar-refractivity contribution in [2.75, 3.05) is 18.4 Å². The third-order valence-corrected chi connectivity index (χ3v) is 3.61. The Morgan fingerprint density at radius 2 is 2.23 bits per heavy atom. The summed E-state index contributed by atoms with van der Waals surface area (Å²) in [7, 11) is 0. The number of anilines is 1. The standard InChI is InChI=1S/C16H20ClN3O2/c1-16(2,3)22-15(21)20-7-6-12(10-20)19-14-5-4-11(9-18)8-13(14)17/h4-5,8,12,19H,6-7,10H2,1-3H3. The molecule has 6 heteroatoms. The van der Waals surface area contributed by atoms with E-state index in [9.17, 15) is 4.79 Å². The van der Waals surface area contributed by atoms with Gasteiger partial charge in [-0.3, -0.25) is 0 Å². The lowest BCUT2D eigenvalue weighted by Gasteiger charge is -2.24. The number of nitrogens with zero attached hydrogens (tertiary/aromatic N) is 2. The van der Waals surface area contributed by atoms with Crippen molar-refractivity contribution in [3.8, 4) is 6.07 Å². The van der Waals surface area contributed by atoms with E-state index in [2.05, 4.69) is 11.4 Å². The Labute approximate surface area is 135 Å². The van der Waals surface area contributed by atoms with Gasteiger partial charge in [0.05, 0.1) is 22.3 Å². The van der Waals surface area contributed by atoms with Crippen LogP contribution in [0.4, 0.5) is 10.5 Å². The number of hydrogen-bond acceptors (Lipinski definition) is 4. The van der Waals surface area contributed by atoms with Crippen LogP contribution in [0.2, 0.25) is 5.02 Å². The Morgan fingerprint density at radius 1 is 1.50 bits per heavy atom. The molecule has 0 aromatic heterocycles. The zero-order valence-electron chi connectivity index (χ0n) is 13.0. The molecule has 2 rings (SSSR count). The molecule has 22 heavy (non-hydrogen) atoms. The lowest BCUT2D eigenvalue weighted by molar-refractivity contribution is 0.0293. The molecule has 1 atom stereocenters. The summed E-state index contributed by atoms with van der Waals surface area (Å²) in [5.41, 5.74) is 0.813. The molecule has 1 aliphatic heterocycles. The Balaban J connectivity index is 1.94. The summed E-state index contributed by atoms with van der Waals surface area (Å²) in [5.74, 6) is 0. The van der Waals surface area contributed by atoms with Crippen molar-refractivity contribution in [3.05, 3.63) is 28.8 Å². The van der Waals surface area contributed by atoms with Crippen LogP contribution in [0.3, 0.4) is 0 Å². The molecule has 1 aromatic carbocycles. The highest BCUT2D eigenvalue weighted by Crippen LogP contribution is 2.25. The van der Waals surface area contributed by atoms with Gasteiger partial charge in [-0.15, -0.1) is 0 Å². The molecule has 0 saturated carbocycles. The van der Waals surface area contributed by atoms with Gasteiger partial charge in [0.15, 0.2) is 0 Å². The van der Waals surface area contributed by atoms with Crippen LogP contribution in [0.25, 0.3) is 0 Å². The van der Waals surface area contributed by atoms with E-state index in [0.717, 1.165) is 12.1 Å². The monoisotopic (exact) mass is 321 g/mol. The average molecular weight is 322 g/mol. The van der Waals surface area contributed by atoms with E-state index in [1.54, 1.807) is 23.1 Å². The van der Waals surface area contributed by atoms with E-state index in [0.29, 0.717) is 23.7 Å². The van der Waals surface area contributed by atoms with Crippen LogP contribution in [0.15, 0.2) is 18.2 Å². The maximum Gasteiger partial charge on any atom is 0.410 e. The van der Waals surface area contributed by atoms with Gasteiger partial charge in [-0.05, 0) is 45.4 Å². The number of carbonyl (C=O) groups excluding carboxylic acids is 1. The van der Waals surface area contributed by atoms with Crippen molar-refractivity contribution in [1.82, 2.24) is 4.90 Å². The zero-order chi connectivity index (χ0) is 16.3. The molecule has 1 aromatic rings. The molecule has 0 spiro atoms. The summed E-state index contributed by atoms with van der Waals surface area (Å²) in [6.07, 6.45) is 0.540. The summed E-state index contributed by atoms with van der Waals surface area (Å²) < 4.78 is 5.37. The second-order valence-corrected chi connectivity index (χ2v) is 6.77. The first-order chi connectivity index (χ1) is 10.3. The molecule has 1 heterocycles. The molecule has 1 N–H and O–H groups in total. The maximum absolute atomic E-state index is 12.0. The second-order valence-electron chi connectivity index (χ2n) is 6.36. The highest BCUT2D eigenvalue weighted by molar-refractivity contribution is 6.33. The Morgan fingerprint density at radius 3 is 2.82 bits per heavy atom. The molecule has 118 valence electrons. The van der Waals surface area contributed by atoms with E-state index in [4.69, 9.17) is 21.6 Å². The van der Waals surface area contributed by atoms with Gasteiger partial charge in [0.25, 0.3) is 0 Å². The van der Waals surface area contributed by atoms with Gasteiger partial charge >= 0.3 is 6.09 Å². The smallest absolute Gasteiger partial charge is 0.410 e. The van der Waals surface area contributed by atoms with Gasteiger partial charge in [-0.25, -0.2) is 4.79 Å². The minimum Gasteiger partial charge on any atom is -0.444 e. The fraction of sp³-hybridized carbons (Fsp3) is 0.500. The number of likely N-dealkylation sites (tertiary alicyclic amines) is 1. The van der Waals surface area contributed by atoms with Crippen LogP contribution in [0, 0.1) is 11.3 Å². The lowest BCUT2D eigenvalue weighted by Crippen LogP contribution is -2.36. The third kappa shape index (κ3) is 4.28. The summed E-state index contributed by atoms with van der Waals surface area (Å²) in [5, 5.41) is 12.7. The van der Waals surface area contributed by atoms with Gasteiger partial charge < -0.3 is 15.0 Å². The van der Waals surface area contributed by atoms with E-state index in [-0.39, 0.29) is 12.1 Å². The molecule has 1 saturated heterocycles. The van der Waals surface area contributed by atoms with Crippen molar-refractivity contribution < 1.29 is 9.53 Å². The summed E-state index contributed by atoms with van der Waals surface area (Å²) in [6.45, 7) is 6.79. The number of nitrogens with one attached hydrogen (secondary N) is 1. The first kappa shape index (κ1) is 16.4. The Kier molecular flexibility index (Phi) is 4.82. The Hall–Kier alpha value is -1.93. The largest absolute Gasteiger partial charge is 0.444 e. The molecule has 5 nitrogen and oxygen atoms in total. The average Bonchev–Trinajstić information content (AvgIpc) is 2.88. The first-order valence-corrected chi connectivity index (χ1v) is 7.60. The number of nitriles is 1. The third-order valence-electron chi connectivity index (χ3n) is 3.30. The number of ether oxygens (including phenoxy) is 1. The zero-order valence-corrected chi connectivity index (χ0v) is 13.8. The first-order valence-electron chi connectivity index (χ1n) is 7.22. The van der Waals surface area contributed by atoms with Gasteiger partial charge in [0.2, 0.25) is 0 Å². The predicted octanol–water partition coefficient (Wildman–Crippen LogP) is 3.63. The minimum atomic E-state index is -0.487. The molecule has 0 aliphatic carbocycles. The molecule has 1 aliphatic rings. The molecular formula is C16H20ClN3O2. The number of amides is 1.